The van der Waals surface area contributed by atoms with Crippen molar-refractivity contribution in [1.82, 2.24) is 0 Å². The van der Waals surface area contributed by atoms with E-state index in [9.17, 15) is 0 Å². The second kappa shape index (κ2) is 4.97. The Hall–Kier alpha value is 0.247. The normalized spacial score (nSPS) is 25.1. The fourth-order valence-electron chi connectivity index (χ4n) is 1.38. The van der Waals surface area contributed by atoms with Crippen LogP contribution in [-0.2, 0) is 0 Å². The monoisotopic (exact) mass is 172 g/mol. The first kappa shape index (κ1) is 8.34. The lowest BCUT2D eigenvalue weighted by Gasteiger charge is -2.15. The third kappa shape index (κ3) is 2.89. The first-order valence-corrected chi connectivity index (χ1v) is 6.14. The molecular weight excluding hydrogens is 160 g/mol. The quantitative estimate of drug-likeness (QED) is 0.349. The van der Waals surface area contributed by atoms with Crippen molar-refractivity contribution in [3.63, 3.8) is 0 Å². The summed E-state index contributed by atoms with van der Waals surface area (Å²) in [5.74, 6) is 0.941. The number of rotatable bonds is 3. The maximum absolute atomic E-state index is 5.63. The molecular formula is C8H13ClSi. The lowest BCUT2D eigenvalue weighted by molar-refractivity contribution is 0.465. The van der Waals surface area contributed by atoms with Crippen molar-refractivity contribution in [3.8, 4) is 0 Å². The van der Waals surface area contributed by atoms with Crippen molar-refractivity contribution < 1.29 is 0 Å². The Balaban J connectivity index is 2.10. The van der Waals surface area contributed by atoms with Gasteiger partial charge in [0, 0.05) is 0 Å². The van der Waals surface area contributed by atoms with E-state index in [0.29, 0.717) is 8.83 Å². The van der Waals surface area contributed by atoms with Crippen molar-refractivity contribution in [3.05, 3.63) is 12.2 Å². The maximum Gasteiger partial charge on any atom is 0.171 e. The summed E-state index contributed by atoms with van der Waals surface area (Å²) < 4.78 is 0. The summed E-state index contributed by atoms with van der Waals surface area (Å²) in [5, 5.41) is 0. The molecule has 0 N–H and O–H groups in total. The van der Waals surface area contributed by atoms with Gasteiger partial charge in [0.15, 0.2) is 8.83 Å². The van der Waals surface area contributed by atoms with Gasteiger partial charge in [-0.15, -0.1) is 0 Å². The Labute approximate surface area is 70.2 Å². The molecule has 2 radical (unpaired) electrons. The molecule has 2 heteroatoms. The standard InChI is InChI=1S/C8H13ClSi/c9-10-7-6-8-4-2-1-3-5-8/h1-2,8H,3-7H2. The topological polar surface area (TPSA) is 0 Å². The third-order valence-electron chi connectivity index (χ3n) is 2.02. The van der Waals surface area contributed by atoms with Gasteiger partial charge < -0.3 is 0 Å². The van der Waals surface area contributed by atoms with Crippen molar-refractivity contribution in [2.45, 2.75) is 31.7 Å². The van der Waals surface area contributed by atoms with E-state index in [2.05, 4.69) is 12.2 Å². The second-order valence-electron chi connectivity index (χ2n) is 2.82. The summed E-state index contributed by atoms with van der Waals surface area (Å²) >= 11 is 5.63. The number of hydrogen-bond acceptors (Lipinski definition) is 0. The van der Waals surface area contributed by atoms with Crippen LogP contribution in [-0.4, -0.2) is 8.83 Å². The first-order chi connectivity index (χ1) is 4.93. The fraction of sp³-hybridized carbons (Fsp3) is 0.750. The lowest BCUT2D eigenvalue weighted by Crippen LogP contribution is -2.02. The third-order valence-corrected chi connectivity index (χ3v) is 3.07. The minimum absolute atomic E-state index is 0.630. The first-order valence-electron chi connectivity index (χ1n) is 3.92. The SMILES string of the molecule is Cl[Si]CCC1CC=CCC1. The van der Waals surface area contributed by atoms with Gasteiger partial charge in [-0.3, -0.25) is 0 Å². The molecule has 1 atom stereocenters. The van der Waals surface area contributed by atoms with Gasteiger partial charge in [-0.1, -0.05) is 18.6 Å². The minimum Gasteiger partial charge on any atom is -0.171 e. The van der Waals surface area contributed by atoms with Gasteiger partial charge in [-0.25, -0.2) is 0 Å². The van der Waals surface area contributed by atoms with Crippen molar-refractivity contribution in [1.29, 1.82) is 0 Å². The highest BCUT2D eigenvalue weighted by atomic mass is 35.6. The van der Waals surface area contributed by atoms with Gasteiger partial charge in [-0.05, 0) is 31.2 Å². The van der Waals surface area contributed by atoms with Crippen LogP contribution in [0.1, 0.15) is 25.7 Å². The van der Waals surface area contributed by atoms with Crippen LogP contribution in [0.3, 0.4) is 0 Å². The molecule has 0 spiro atoms. The largest absolute Gasteiger partial charge is 0.171 e. The molecule has 10 heavy (non-hydrogen) atoms. The van der Waals surface area contributed by atoms with E-state index in [1.165, 1.54) is 31.7 Å². The van der Waals surface area contributed by atoms with Crippen LogP contribution < -0.4 is 0 Å². The van der Waals surface area contributed by atoms with Gasteiger partial charge in [0.05, 0.1) is 0 Å². The van der Waals surface area contributed by atoms with Crippen LogP contribution >= 0.6 is 11.1 Å². The number of halogens is 1. The zero-order valence-electron chi connectivity index (χ0n) is 6.15. The molecule has 0 aromatic carbocycles. The molecule has 56 valence electrons. The highest BCUT2D eigenvalue weighted by Crippen LogP contribution is 2.22. The molecule has 1 aliphatic rings. The maximum atomic E-state index is 5.63. The van der Waals surface area contributed by atoms with Gasteiger partial charge in [-0.2, -0.15) is 11.1 Å². The molecule has 0 fully saturated rings. The van der Waals surface area contributed by atoms with E-state index in [1.54, 1.807) is 0 Å². The summed E-state index contributed by atoms with van der Waals surface area (Å²) in [4.78, 5) is 0. The van der Waals surface area contributed by atoms with E-state index in [4.69, 9.17) is 11.1 Å². The van der Waals surface area contributed by atoms with Crippen LogP contribution in [0.2, 0.25) is 6.04 Å². The molecule has 0 aromatic rings. The fourth-order valence-corrected chi connectivity index (χ4v) is 2.22. The zero-order chi connectivity index (χ0) is 7.23. The molecule has 0 heterocycles. The van der Waals surface area contributed by atoms with Crippen LogP contribution in [0.15, 0.2) is 12.2 Å². The highest BCUT2D eigenvalue weighted by Gasteiger charge is 2.08. The van der Waals surface area contributed by atoms with Gasteiger partial charge in [0.25, 0.3) is 0 Å². The predicted molar refractivity (Wildman–Crippen MR) is 47.5 cm³/mol. The Morgan fingerprint density at radius 3 is 3.00 bits per heavy atom. The molecule has 0 bridgehead atoms. The Morgan fingerprint density at radius 2 is 2.40 bits per heavy atom. The average molecular weight is 173 g/mol. The van der Waals surface area contributed by atoms with E-state index < -0.39 is 0 Å². The molecule has 0 aromatic heterocycles. The summed E-state index contributed by atoms with van der Waals surface area (Å²) in [6.45, 7) is 0. The Kier molecular flexibility index (Phi) is 4.15. The van der Waals surface area contributed by atoms with Crippen molar-refractivity contribution in [2.24, 2.45) is 5.92 Å². The smallest absolute Gasteiger partial charge is 0.171 e. The van der Waals surface area contributed by atoms with Crippen LogP contribution in [0.25, 0.3) is 0 Å². The molecule has 0 amide bonds. The highest BCUT2D eigenvalue weighted by molar-refractivity contribution is 6.93. The molecule has 0 saturated heterocycles. The zero-order valence-corrected chi connectivity index (χ0v) is 7.90. The van der Waals surface area contributed by atoms with E-state index >= 15 is 0 Å². The van der Waals surface area contributed by atoms with Gasteiger partial charge >= 0.3 is 0 Å². The summed E-state index contributed by atoms with van der Waals surface area (Å²) in [6, 6.07) is 1.22. The summed E-state index contributed by atoms with van der Waals surface area (Å²) in [6.07, 6.45) is 9.91. The van der Waals surface area contributed by atoms with Crippen molar-refractivity contribution in [2.75, 3.05) is 0 Å². The van der Waals surface area contributed by atoms with Crippen LogP contribution in [0.5, 0.6) is 0 Å². The van der Waals surface area contributed by atoms with Crippen LogP contribution in [0.4, 0.5) is 0 Å². The van der Waals surface area contributed by atoms with Gasteiger partial charge in [0.1, 0.15) is 0 Å². The molecule has 1 rings (SSSR count). The number of allylic oxidation sites excluding steroid dienone is 2. The number of hydrogen-bond donors (Lipinski definition) is 0. The Bertz CT molecular complexity index is 112. The molecule has 0 saturated carbocycles. The van der Waals surface area contributed by atoms with E-state index in [0.717, 1.165) is 5.92 Å². The Morgan fingerprint density at radius 1 is 1.50 bits per heavy atom. The lowest BCUT2D eigenvalue weighted by atomic mass is 9.92. The average Bonchev–Trinajstić information content (AvgIpc) is 2.03. The summed E-state index contributed by atoms with van der Waals surface area (Å²) in [7, 11) is 0.630. The van der Waals surface area contributed by atoms with E-state index in [-0.39, 0.29) is 0 Å². The summed E-state index contributed by atoms with van der Waals surface area (Å²) in [5.41, 5.74) is 0. The van der Waals surface area contributed by atoms with Crippen molar-refractivity contribution >= 4 is 19.9 Å². The van der Waals surface area contributed by atoms with Gasteiger partial charge in [0.2, 0.25) is 0 Å². The van der Waals surface area contributed by atoms with E-state index in [1.807, 2.05) is 0 Å². The molecule has 1 unspecified atom stereocenters. The predicted octanol–water partition coefficient (Wildman–Crippen LogP) is 3.01. The molecule has 1 aliphatic carbocycles. The minimum atomic E-state index is 0.630. The molecule has 0 aliphatic heterocycles. The molecule has 0 nitrogen and oxygen atoms in total. The van der Waals surface area contributed by atoms with Crippen LogP contribution in [0, 0.1) is 5.92 Å². The second-order valence-corrected chi connectivity index (χ2v) is 4.39.